The van der Waals surface area contributed by atoms with E-state index in [2.05, 4.69) is 11.6 Å². The molecule has 1 aliphatic carbocycles. The number of hydrogen-bond donors (Lipinski definition) is 1. The predicted octanol–water partition coefficient (Wildman–Crippen LogP) is 3.72. The molecule has 0 spiro atoms. The van der Waals surface area contributed by atoms with Crippen molar-refractivity contribution in [3.63, 3.8) is 0 Å². The van der Waals surface area contributed by atoms with Gasteiger partial charge in [-0.3, -0.25) is 4.79 Å². The average molecular weight is 332 g/mol. The van der Waals surface area contributed by atoms with Gasteiger partial charge in [-0.15, -0.1) is 0 Å². The highest BCUT2D eigenvalue weighted by molar-refractivity contribution is 7.84. The maximum Gasteiger partial charge on any atom is 0.306 e. The molecule has 0 saturated heterocycles. The van der Waals surface area contributed by atoms with Crippen LogP contribution in [0.15, 0.2) is 0 Å². The number of ether oxygens (including phenoxy) is 1. The Morgan fingerprint density at radius 1 is 1.18 bits per heavy atom. The molecule has 0 aromatic heterocycles. The van der Waals surface area contributed by atoms with E-state index in [4.69, 9.17) is 4.74 Å². The number of nitrogens with one attached hydrogen (secondary N) is 1. The van der Waals surface area contributed by atoms with Crippen molar-refractivity contribution < 1.29 is 13.7 Å². The Morgan fingerprint density at radius 2 is 1.68 bits per heavy atom. The Labute approximate surface area is 138 Å². The predicted molar refractivity (Wildman–Crippen MR) is 91.9 cm³/mol. The summed E-state index contributed by atoms with van der Waals surface area (Å²) in [5.41, 5.74) is -0.506. The lowest BCUT2D eigenvalue weighted by atomic mass is 9.77. The van der Waals surface area contributed by atoms with Gasteiger partial charge < -0.3 is 4.74 Å². The molecular weight excluding hydrogens is 298 g/mol. The molecule has 1 unspecified atom stereocenters. The van der Waals surface area contributed by atoms with Gasteiger partial charge in [-0.1, -0.05) is 0 Å². The summed E-state index contributed by atoms with van der Waals surface area (Å²) in [6, 6.07) is 0. The Kier molecular flexibility index (Phi) is 6.24. The summed E-state index contributed by atoms with van der Waals surface area (Å²) in [7, 11) is -1.05. The Bertz CT molecular complexity index is 413. The van der Waals surface area contributed by atoms with Gasteiger partial charge in [0.15, 0.2) is 0 Å². The van der Waals surface area contributed by atoms with E-state index >= 15 is 0 Å². The van der Waals surface area contributed by atoms with E-state index in [1.165, 1.54) is 0 Å². The van der Waals surface area contributed by atoms with Crippen LogP contribution in [0.25, 0.3) is 0 Å². The van der Waals surface area contributed by atoms with E-state index in [9.17, 15) is 9.00 Å². The van der Waals surface area contributed by atoms with Crippen molar-refractivity contribution in [2.24, 2.45) is 5.92 Å². The van der Waals surface area contributed by atoms with Gasteiger partial charge >= 0.3 is 5.97 Å². The van der Waals surface area contributed by atoms with Crippen molar-refractivity contribution in [2.45, 2.75) is 96.5 Å². The lowest BCUT2D eigenvalue weighted by Crippen LogP contribution is -2.50. The van der Waals surface area contributed by atoms with Gasteiger partial charge in [0.2, 0.25) is 0 Å². The van der Waals surface area contributed by atoms with Crippen molar-refractivity contribution in [3.8, 4) is 0 Å². The molecule has 1 rings (SSSR count). The lowest BCUT2D eigenvalue weighted by molar-refractivity contribution is -0.156. The van der Waals surface area contributed by atoms with Crippen LogP contribution in [0, 0.1) is 5.92 Å². The standard InChI is InChI=1S/C17H33NO3S/c1-15(2,3)21-14(19)12-13-8-10-17(7,11-9-13)18-22(20)16(4,5)6/h13,18H,8-12H2,1-7H3. The molecular formula is C17H33NO3S. The smallest absolute Gasteiger partial charge is 0.306 e. The first-order chi connectivity index (χ1) is 9.81. The third-order valence-electron chi connectivity index (χ3n) is 3.98. The molecule has 1 fully saturated rings. The molecule has 0 bridgehead atoms. The summed E-state index contributed by atoms with van der Waals surface area (Å²) >= 11 is 0. The minimum Gasteiger partial charge on any atom is -0.460 e. The summed E-state index contributed by atoms with van der Waals surface area (Å²) in [6.07, 6.45) is 4.34. The van der Waals surface area contributed by atoms with E-state index in [1.807, 2.05) is 41.5 Å². The fraction of sp³-hybridized carbons (Fsp3) is 0.941. The van der Waals surface area contributed by atoms with Gasteiger partial charge in [0.25, 0.3) is 0 Å². The molecule has 1 aliphatic rings. The summed E-state index contributed by atoms with van der Waals surface area (Å²) in [4.78, 5) is 11.9. The van der Waals surface area contributed by atoms with Crippen LogP contribution in [0.2, 0.25) is 0 Å². The zero-order chi connectivity index (χ0) is 17.2. The van der Waals surface area contributed by atoms with Gasteiger partial charge in [0.05, 0.1) is 15.7 Å². The van der Waals surface area contributed by atoms with Gasteiger partial charge in [-0.25, -0.2) is 8.93 Å². The Balaban J connectivity index is 2.46. The zero-order valence-electron chi connectivity index (χ0n) is 15.2. The molecule has 0 aliphatic heterocycles. The van der Waals surface area contributed by atoms with Crippen LogP contribution >= 0.6 is 0 Å². The lowest BCUT2D eigenvalue weighted by Gasteiger charge is -2.39. The zero-order valence-corrected chi connectivity index (χ0v) is 16.1. The van der Waals surface area contributed by atoms with E-state index in [1.54, 1.807) is 0 Å². The number of hydrogen-bond acceptors (Lipinski definition) is 3. The SMILES string of the molecule is CC1(NS(=O)C(C)(C)C)CCC(CC(=O)OC(C)(C)C)CC1. The highest BCUT2D eigenvalue weighted by atomic mass is 32.2. The second-order valence-electron chi connectivity index (χ2n) is 8.78. The minimum atomic E-state index is -1.05. The van der Waals surface area contributed by atoms with Gasteiger partial charge in [0.1, 0.15) is 5.60 Å². The van der Waals surface area contributed by atoms with E-state index < -0.39 is 16.6 Å². The Morgan fingerprint density at radius 3 is 2.09 bits per heavy atom. The molecule has 130 valence electrons. The van der Waals surface area contributed by atoms with Crippen molar-refractivity contribution in [1.29, 1.82) is 0 Å². The summed E-state index contributed by atoms with van der Waals surface area (Å²) in [5.74, 6) is 0.278. The van der Waals surface area contributed by atoms with Crippen LogP contribution in [0.4, 0.5) is 0 Å². The molecule has 1 N–H and O–H groups in total. The second kappa shape index (κ2) is 7.00. The monoisotopic (exact) mass is 331 g/mol. The van der Waals surface area contributed by atoms with Crippen LogP contribution < -0.4 is 4.72 Å². The number of esters is 1. The van der Waals surface area contributed by atoms with Gasteiger partial charge in [-0.2, -0.15) is 0 Å². The first-order valence-electron chi connectivity index (χ1n) is 8.22. The first-order valence-corrected chi connectivity index (χ1v) is 9.37. The fourth-order valence-electron chi connectivity index (χ4n) is 2.62. The molecule has 0 amide bonds. The third kappa shape index (κ3) is 6.78. The van der Waals surface area contributed by atoms with E-state index in [0.29, 0.717) is 12.3 Å². The van der Waals surface area contributed by atoms with Crippen molar-refractivity contribution in [3.05, 3.63) is 0 Å². The molecule has 4 nitrogen and oxygen atoms in total. The highest BCUT2D eigenvalue weighted by Crippen LogP contribution is 2.35. The van der Waals surface area contributed by atoms with Crippen LogP contribution in [0.1, 0.15) is 80.6 Å². The molecule has 0 radical (unpaired) electrons. The molecule has 1 atom stereocenters. The second-order valence-corrected chi connectivity index (χ2v) is 10.7. The van der Waals surface area contributed by atoms with Gasteiger partial charge in [0, 0.05) is 12.0 Å². The summed E-state index contributed by atoms with van der Waals surface area (Å²) < 4.78 is 20.7. The van der Waals surface area contributed by atoms with Crippen molar-refractivity contribution in [1.82, 2.24) is 4.72 Å². The fourth-order valence-corrected chi connectivity index (χ4v) is 3.57. The quantitative estimate of drug-likeness (QED) is 0.799. The maximum atomic E-state index is 12.3. The normalized spacial score (nSPS) is 28.2. The topological polar surface area (TPSA) is 55.4 Å². The minimum absolute atomic E-state index is 0.0947. The number of carbonyl (C=O) groups excluding carboxylic acids is 1. The maximum absolute atomic E-state index is 12.3. The number of carbonyl (C=O) groups is 1. The highest BCUT2D eigenvalue weighted by Gasteiger charge is 2.35. The summed E-state index contributed by atoms with van der Waals surface area (Å²) in [6.45, 7) is 13.8. The Hall–Kier alpha value is -0.420. The third-order valence-corrected chi connectivity index (χ3v) is 5.77. The first kappa shape index (κ1) is 19.6. The molecule has 22 heavy (non-hydrogen) atoms. The van der Waals surface area contributed by atoms with E-state index in [0.717, 1.165) is 25.7 Å². The number of rotatable bonds is 4. The summed E-state index contributed by atoms with van der Waals surface area (Å²) in [5, 5.41) is 0. The largest absolute Gasteiger partial charge is 0.460 e. The molecule has 0 aromatic carbocycles. The average Bonchev–Trinajstić information content (AvgIpc) is 2.28. The van der Waals surface area contributed by atoms with Gasteiger partial charge in [-0.05, 0) is 80.1 Å². The van der Waals surface area contributed by atoms with Crippen LogP contribution in [0.5, 0.6) is 0 Å². The van der Waals surface area contributed by atoms with Crippen LogP contribution in [-0.2, 0) is 20.5 Å². The van der Waals surface area contributed by atoms with Crippen molar-refractivity contribution in [2.75, 3.05) is 0 Å². The van der Waals surface area contributed by atoms with Crippen LogP contribution in [-0.4, -0.2) is 26.1 Å². The molecule has 1 saturated carbocycles. The van der Waals surface area contributed by atoms with Crippen molar-refractivity contribution >= 4 is 17.0 Å². The van der Waals surface area contributed by atoms with E-state index in [-0.39, 0.29) is 16.3 Å². The molecule has 0 aromatic rings. The van der Waals surface area contributed by atoms with Crippen LogP contribution in [0.3, 0.4) is 0 Å². The molecule has 5 heteroatoms. The molecule has 0 heterocycles.